The average molecular weight is 419 g/mol. The topological polar surface area (TPSA) is 118 Å². The van der Waals surface area contributed by atoms with E-state index in [2.05, 4.69) is 10.4 Å². The van der Waals surface area contributed by atoms with Gasteiger partial charge in [0.25, 0.3) is 0 Å². The molecule has 1 amide bonds. The molecule has 0 aliphatic rings. The van der Waals surface area contributed by atoms with Crippen molar-refractivity contribution in [3.05, 3.63) is 75.3 Å². The minimum atomic E-state index is -0.702. The molecule has 0 aliphatic heterocycles. The van der Waals surface area contributed by atoms with Crippen molar-refractivity contribution in [2.24, 2.45) is 0 Å². The van der Waals surface area contributed by atoms with E-state index < -0.39 is 11.5 Å². The van der Waals surface area contributed by atoms with Crippen LogP contribution in [0, 0.1) is 20.8 Å². The van der Waals surface area contributed by atoms with Crippen molar-refractivity contribution in [2.45, 2.75) is 27.2 Å². The van der Waals surface area contributed by atoms with Gasteiger partial charge in [-0.2, -0.15) is 0 Å². The van der Waals surface area contributed by atoms with E-state index in [0.29, 0.717) is 11.4 Å². The highest BCUT2D eigenvalue weighted by atomic mass is 16.4. The first kappa shape index (κ1) is 20.2. The van der Waals surface area contributed by atoms with Crippen LogP contribution >= 0.6 is 0 Å². The molecule has 0 saturated heterocycles. The van der Waals surface area contributed by atoms with Crippen LogP contribution < -0.4 is 10.9 Å². The molecule has 0 radical (unpaired) electrons. The predicted octanol–water partition coefficient (Wildman–Crippen LogP) is 3.50. The lowest BCUT2D eigenvalue weighted by atomic mass is 10.0. The van der Waals surface area contributed by atoms with E-state index in [1.54, 1.807) is 17.7 Å². The monoisotopic (exact) mass is 419 g/mol. The SMILES string of the molecule is Cc1ccc(-n2nc(NC(=O)Cc3c(C)c4c(O)cc(O)cc4oc3=O)cc2C)cc1. The van der Waals surface area contributed by atoms with Crippen LogP contribution in [0.25, 0.3) is 16.7 Å². The maximum absolute atomic E-state index is 12.6. The van der Waals surface area contributed by atoms with Gasteiger partial charge in [0.1, 0.15) is 17.1 Å². The fourth-order valence-electron chi connectivity index (χ4n) is 3.54. The highest BCUT2D eigenvalue weighted by Crippen LogP contribution is 2.32. The molecule has 8 heteroatoms. The summed E-state index contributed by atoms with van der Waals surface area (Å²) in [6.07, 6.45) is -0.249. The highest BCUT2D eigenvalue weighted by Gasteiger charge is 2.19. The summed E-state index contributed by atoms with van der Waals surface area (Å²) < 4.78 is 6.92. The van der Waals surface area contributed by atoms with E-state index in [1.807, 2.05) is 38.1 Å². The third kappa shape index (κ3) is 3.87. The molecule has 4 rings (SSSR count). The Morgan fingerprint density at radius 3 is 2.52 bits per heavy atom. The van der Waals surface area contributed by atoms with Crippen molar-refractivity contribution >= 4 is 22.7 Å². The zero-order valence-corrected chi connectivity index (χ0v) is 17.3. The summed E-state index contributed by atoms with van der Waals surface area (Å²) >= 11 is 0. The van der Waals surface area contributed by atoms with Crippen molar-refractivity contribution < 1.29 is 19.4 Å². The molecule has 0 spiro atoms. The molecule has 0 aliphatic carbocycles. The second-order valence-corrected chi connectivity index (χ2v) is 7.47. The molecule has 4 aromatic rings. The first-order valence-electron chi connectivity index (χ1n) is 9.65. The number of carbonyl (C=O) groups excluding carboxylic acids is 1. The average Bonchev–Trinajstić information content (AvgIpc) is 3.05. The number of carbonyl (C=O) groups is 1. The molecular weight excluding hydrogens is 398 g/mol. The van der Waals surface area contributed by atoms with Gasteiger partial charge in [-0.15, -0.1) is 5.10 Å². The number of phenolic OH excluding ortho intramolecular Hbond substituents is 2. The van der Waals surface area contributed by atoms with Crippen LogP contribution in [0.4, 0.5) is 5.82 Å². The Bertz CT molecular complexity index is 1370. The molecule has 2 aromatic heterocycles. The van der Waals surface area contributed by atoms with Gasteiger partial charge in [0.05, 0.1) is 23.1 Å². The number of aryl methyl sites for hydroxylation is 3. The quantitative estimate of drug-likeness (QED) is 0.436. The number of amides is 1. The van der Waals surface area contributed by atoms with Crippen molar-refractivity contribution in [3.63, 3.8) is 0 Å². The van der Waals surface area contributed by atoms with E-state index >= 15 is 0 Å². The van der Waals surface area contributed by atoms with Gasteiger partial charge in [-0.05, 0) is 38.5 Å². The highest BCUT2D eigenvalue weighted by molar-refractivity contribution is 5.94. The number of phenols is 2. The number of aromatic hydroxyl groups is 2. The molecule has 0 atom stereocenters. The number of nitrogens with one attached hydrogen (secondary N) is 1. The minimum Gasteiger partial charge on any atom is -0.508 e. The maximum atomic E-state index is 12.6. The summed E-state index contributed by atoms with van der Waals surface area (Å²) in [6, 6.07) is 12.0. The summed E-state index contributed by atoms with van der Waals surface area (Å²) in [5.41, 5.74) is 2.73. The van der Waals surface area contributed by atoms with Gasteiger partial charge in [-0.3, -0.25) is 4.79 Å². The van der Waals surface area contributed by atoms with Crippen molar-refractivity contribution in [1.82, 2.24) is 9.78 Å². The lowest BCUT2D eigenvalue weighted by Crippen LogP contribution is -2.21. The Balaban J connectivity index is 1.60. The van der Waals surface area contributed by atoms with Crippen molar-refractivity contribution in [2.75, 3.05) is 5.32 Å². The largest absolute Gasteiger partial charge is 0.508 e. The third-order valence-corrected chi connectivity index (χ3v) is 5.11. The molecule has 0 fully saturated rings. The number of fused-ring (bicyclic) bond motifs is 1. The summed E-state index contributed by atoms with van der Waals surface area (Å²) in [7, 11) is 0. The van der Waals surface area contributed by atoms with Gasteiger partial charge in [0, 0.05) is 23.9 Å². The summed E-state index contributed by atoms with van der Waals surface area (Å²) in [6.45, 7) is 5.50. The number of rotatable bonds is 4. The molecule has 2 aromatic carbocycles. The van der Waals surface area contributed by atoms with Crippen molar-refractivity contribution in [1.29, 1.82) is 0 Å². The Kier molecular flexibility index (Phi) is 4.98. The zero-order valence-electron chi connectivity index (χ0n) is 17.3. The van der Waals surface area contributed by atoms with Gasteiger partial charge in [0.15, 0.2) is 5.82 Å². The molecule has 0 bridgehead atoms. The normalized spacial score (nSPS) is 11.1. The van der Waals surface area contributed by atoms with Crippen LogP contribution in [-0.2, 0) is 11.2 Å². The lowest BCUT2D eigenvalue weighted by molar-refractivity contribution is -0.115. The van der Waals surface area contributed by atoms with E-state index in [-0.39, 0.29) is 34.5 Å². The van der Waals surface area contributed by atoms with Gasteiger partial charge < -0.3 is 19.9 Å². The first-order chi connectivity index (χ1) is 14.7. The van der Waals surface area contributed by atoms with E-state index in [4.69, 9.17) is 4.42 Å². The molecule has 31 heavy (non-hydrogen) atoms. The van der Waals surface area contributed by atoms with Gasteiger partial charge >= 0.3 is 5.63 Å². The molecule has 2 heterocycles. The number of benzene rings is 2. The number of nitrogens with zero attached hydrogens (tertiary/aromatic N) is 2. The van der Waals surface area contributed by atoms with Crippen LogP contribution in [0.2, 0.25) is 0 Å². The van der Waals surface area contributed by atoms with Gasteiger partial charge in [-0.25, -0.2) is 9.48 Å². The summed E-state index contributed by atoms with van der Waals surface area (Å²) in [5, 5.41) is 27.1. The van der Waals surface area contributed by atoms with Crippen LogP contribution in [0.1, 0.15) is 22.4 Å². The smallest absolute Gasteiger partial charge is 0.340 e. The van der Waals surface area contributed by atoms with E-state index in [9.17, 15) is 19.8 Å². The Morgan fingerprint density at radius 2 is 1.81 bits per heavy atom. The number of hydrogen-bond acceptors (Lipinski definition) is 6. The molecule has 0 unspecified atom stereocenters. The number of hydrogen-bond donors (Lipinski definition) is 3. The Hall–Kier alpha value is -4.07. The van der Waals surface area contributed by atoms with Crippen LogP contribution in [-0.4, -0.2) is 25.9 Å². The standard InChI is InChI=1S/C23H21N3O5/c1-12-4-6-15(7-5-12)26-13(2)8-20(25-26)24-21(29)11-17-14(3)22-18(28)9-16(27)10-19(22)31-23(17)30/h4-10,27-28H,11H2,1-3H3,(H,24,25,29). The van der Waals surface area contributed by atoms with Gasteiger partial charge in [0.2, 0.25) is 5.91 Å². The molecule has 158 valence electrons. The lowest BCUT2D eigenvalue weighted by Gasteiger charge is -2.09. The molecule has 0 saturated carbocycles. The van der Waals surface area contributed by atoms with Crippen LogP contribution in [0.15, 0.2) is 51.7 Å². The minimum absolute atomic E-state index is 0.0524. The van der Waals surface area contributed by atoms with Crippen LogP contribution in [0.3, 0.4) is 0 Å². The second-order valence-electron chi connectivity index (χ2n) is 7.47. The van der Waals surface area contributed by atoms with E-state index in [1.165, 1.54) is 6.07 Å². The van der Waals surface area contributed by atoms with E-state index in [0.717, 1.165) is 23.0 Å². The fraction of sp³-hybridized carbons (Fsp3) is 0.174. The number of anilines is 1. The molecule has 8 nitrogen and oxygen atoms in total. The Labute approximate surface area is 177 Å². The van der Waals surface area contributed by atoms with Crippen LogP contribution in [0.5, 0.6) is 11.5 Å². The third-order valence-electron chi connectivity index (χ3n) is 5.11. The summed E-state index contributed by atoms with van der Waals surface area (Å²) in [5.74, 6) is -0.539. The maximum Gasteiger partial charge on any atom is 0.340 e. The fourth-order valence-corrected chi connectivity index (χ4v) is 3.54. The first-order valence-corrected chi connectivity index (χ1v) is 9.65. The number of aromatic nitrogens is 2. The molecule has 3 N–H and O–H groups in total. The zero-order chi connectivity index (χ0) is 22.3. The second kappa shape index (κ2) is 7.64. The van der Waals surface area contributed by atoms with Gasteiger partial charge in [-0.1, -0.05) is 17.7 Å². The predicted molar refractivity (Wildman–Crippen MR) is 116 cm³/mol. The van der Waals surface area contributed by atoms with Crippen molar-refractivity contribution in [3.8, 4) is 17.2 Å². The Morgan fingerprint density at radius 1 is 1.10 bits per heavy atom. The summed E-state index contributed by atoms with van der Waals surface area (Å²) in [4.78, 5) is 25.0. The molecular formula is C23H21N3O5.